The Bertz CT molecular complexity index is 886. The Hall–Kier alpha value is -1.94. The van der Waals surface area contributed by atoms with Crippen LogP contribution in [0.2, 0.25) is 17.3 Å². The summed E-state index contributed by atoms with van der Waals surface area (Å²) >= 11 is -1.84. The van der Waals surface area contributed by atoms with E-state index < -0.39 is 13.3 Å². The fourth-order valence-electron chi connectivity index (χ4n) is 3.33. The fraction of sp³-hybridized carbons (Fsp3) is 0.273. The Labute approximate surface area is 153 Å². The Morgan fingerprint density at radius 2 is 1.28 bits per heavy atom. The first-order valence-electron chi connectivity index (χ1n) is 8.77. The van der Waals surface area contributed by atoms with Gasteiger partial charge in [-0.1, -0.05) is 0 Å². The van der Waals surface area contributed by atoms with E-state index >= 15 is 0 Å². The van der Waals surface area contributed by atoms with E-state index in [9.17, 15) is 0 Å². The number of aryl methyl sites for hydroxylation is 3. The molecule has 3 aromatic rings. The maximum absolute atomic E-state index is 4.74. The van der Waals surface area contributed by atoms with Crippen LogP contribution in [-0.4, -0.2) is 23.2 Å². The second-order valence-corrected chi connectivity index (χ2v) is 18.4. The zero-order chi connectivity index (χ0) is 18.2. The van der Waals surface area contributed by atoms with Crippen LogP contribution in [0.1, 0.15) is 17.0 Å². The molecule has 3 rings (SSSR count). The number of rotatable bonds is 3. The van der Waals surface area contributed by atoms with Gasteiger partial charge in [-0.3, -0.25) is 0 Å². The maximum atomic E-state index is 4.74. The normalized spacial score (nSPS) is 11.6. The van der Waals surface area contributed by atoms with Gasteiger partial charge in [0.1, 0.15) is 0 Å². The van der Waals surface area contributed by atoms with Gasteiger partial charge in [-0.05, 0) is 0 Å². The van der Waals surface area contributed by atoms with Gasteiger partial charge >= 0.3 is 154 Å². The summed E-state index contributed by atoms with van der Waals surface area (Å²) in [6.07, 6.45) is 2.11. The van der Waals surface area contributed by atoms with E-state index in [1.54, 1.807) is 0 Å². The van der Waals surface area contributed by atoms with Crippen molar-refractivity contribution in [3.8, 4) is 22.4 Å². The number of pyridine rings is 2. The zero-order valence-corrected chi connectivity index (χ0v) is 18.1. The van der Waals surface area contributed by atoms with Crippen LogP contribution in [0.25, 0.3) is 22.4 Å². The molecule has 128 valence electrons. The second-order valence-electron chi connectivity index (χ2n) is 7.85. The minimum atomic E-state index is -1.84. The van der Waals surface area contributed by atoms with Crippen molar-refractivity contribution in [3.05, 3.63) is 65.6 Å². The number of hydrogen-bond acceptors (Lipinski definition) is 2. The van der Waals surface area contributed by atoms with Crippen LogP contribution in [-0.2, 0) is 0 Å². The Morgan fingerprint density at radius 3 is 1.80 bits per heavy atom. The molecule has 0 fully saturated rings. The van der Waals surface area contributed by atoms with Crippen LogP contribution in [0.15, 0.2) is 48.7 Å². The van der Waals surface area contributed by atoms with Gasteiger partial charge in [0.05, 0.1) is 0 Å². The molecule has 2 nitrogen and oxygen atoms in total. The summed E-state index contributed by atoms with van der Waals surface area (Å²) in [6, 6.07) is 15.2. The summed E-state index contributed by atoms with van der Waals surface area (Å²) in [6.45, 7) is 6.30. The topological polar surface area (TPSA) is 25.8 Å². The van der Waals surface area contributed by atoms with Crippen molar-refractivity contribution in [2.24, 2.45) is 0 Å². The van der Waals surface area contributed by atoms with E-state index in [-0.39, 0.29) is 0 Å². The molecule has 1 aromatic carbocycles. The van der Waals surface area contributed by atoms with E-state index in [4.69, 9.17) is 4.98 Å². The van der Waals surface area contributed by atoms with Crippen molar-refractivity contribution in [2.45, 2.75) is 38.0 Å². The molecule has 0 unspecified atom stereocenters. The van der Waals surface area contributed by atoms with Gasteiger partial charge in [0.15, 0.2) is 0 Å². The minimum absolute atomic E-state index is 1.06. The summed E-state index contributed by atoms with van der Waals surface area (Å²) in [5.41, 5.74) is 8.15. The first kappa shape index (κ1) is 17.9. The summed E-state index contributed by atoms with van der Waals surface area (Å²) in [5, 5.41) is 0. The molecule has 2 heterocycles. The third kappa shape index (κ3) is 4.01. The van der Waals surface area contributed by atoms with E-state index in [2.05, 4.69) is 77.8 Å². The molecule has 0 saturated carbocycles. The molecule has 25 heavy (non-hydrogen) atoms. The van der Waals surface area contributed by atoms with E-state index in [0.29, 0.717) is 0 Å². The summed E-state index contributed by atoms with van der Waals surface area (Å²) in [4.78, 5) is 9.20. The van der Waals surface area contributed by atoms with Crippen molar-refractivity contribution >= 4 is 17.7 Å². The first-order chi connectivity index (χ1) is 11.7. The molecule has 0 saturated heterocycles. The van der Waals surface area contributed by atoms with Crippen molar-refractivity contribution in [3.63, 3.8) is 0 Å². The third-order valence-electron chi connectivity index (χ3n) is 4.51. The van der Waals surface area contributed by atoms with Crippen LogP contribution in [0.3, 0.4) is 0 Å². The number of aromatic nitrogens is 2. The molecule has 0 aliphatic carbocycles. The summed E-state index contributed by atoms with van der Waals surface area (Å²) in [7, 11) is 0. The molecular formula is C22H26GeN2. The zero-order valence-electron chi connectivity index (χ0n) is 16.0. The van der Waals surface area contributed by atoms with Crippen molar-refractivity contribution in [1.29, 1.82) is 0 Å². The molecule has 0 N–H and O–H groups in total. The van der Waals surface area contributed by atoms with Gasteiger partial charge < -0.3 is 0 Å². The van der Waals surface area contributed by atoms with Gasteiger partial charge in [0.25, 0.3) is 0 Å². The number of nitrogens with zero attached hydrogens (tertiary/aromatic N) is 2. The predicted octanol–water partition coefficient (Wildman–Crippen LogP) is 5.28. The standard InChI is InChI=1S/C22H26GeN2/c1-15-11-22(24-14-21(15)23(4,5)6)19-9-7-18(8-10-19)20-12-16(2)25-17(3)13-20/h7-14H,1-6H3. The number of hydrogen-bond donors (Lipinski definition) is 0. The average molecular weight is 391 g/mol. The molecule has 0 bridgehead atoms. The van der Waals surface area contributed by atoms with Crippen molar-refractivity contribution in [2.75, 3.05) is 0 Å². The van der Waals surface area contributed by atoms with E-state index in [0.717, 1.165) is 17.1 Å². The molecule has 3 heteroatoms. The van der Waals surface area contributed by atoms with Gasteiger partial charge in [-0.2, -0.15) is 0 Å². The van der Waals surface area contributed by atoms with Crippen molar-refractivity contribution < 1.29 is 0 Å². The summed E-state index contributed by atoms with van der Waals surface area (Å²) in [5.74, 6) is 7.24. The molecule has 0 spiro atoms. The predicted molar refractivity (Wildman–Crippen MR) is 110 cm³/mol. The first-order valence-corrected chi connectivity index (χ1v) is 16.1. The fourth-order valence-corrected chi connectivity index (χ4v) is 6.92. The summed E-state index contributed by atoms with van der Waals surface area (Å²) < 4.78 is 1.49. The SMILES string of the molecule is Cc1cc(-c2ccc(-c3cc(C)[c]([Ge]([CH3])([CH3])[CH3])cn3)cc2)cc(C)n1. The van der Waals surface area contributed by atoms with Crippen LogP contribution in [0, 0.1) is 20.8 Å². The van der Waals surface area contributed by atoms with Crippen LogP contribution in [0.4, 0.5) is 0 Å². The third-order valence-corrected chi connectivity index (χ3v) is 9.00. The quantitative estimate of drug-likeness (QED) is 0.568. The van der Waals surface area contributed by atoms with Crippen LogP contribution in [0.5, 0.6) is 0 Å². The van der Waals surface area contributed by atoms with Gasteiger partial charge in [-0.15, -0.1) is 0 Å². The molecule has 0 atom stereocenters. The van der Waals surface area contributed by atoms with Gasteiger partial charge in [-0.25, -0.2) is 0 Å². The molecule has 0 radical (unpaired) electrons. The van der Waals surface area contributed by atoms with E-state index in [1.807, 2.05) is 13.8 Å². The molecule has 0 amide bonds. The Kier molecular flexibility index (Phi) is 4.83. The average Bonchev–Trinajstić information content (AvgIpc) is 2.53. The monoisotopic (exact) mass is 392 g/mol. The Balaban J connectivity index is 1.94. The van der Waals surface area contributed by atoms with Crippen LogP contribution < -0.4 is 4.40 Å². The van der Waals surface area contributed by atoms with Gasteiger partial charge in [0, 0.05) is 0 Å². The Morgan fingerprint density at radius 1 is 0.720 bits per heavy atom. The molecule has 2 aromatic heterocycles. The van der Waals surface area contributed by atoms with Gasteiger partial charge in [0.2, 0.25) is 0 Å². The number of benzene rings is 1. The molecule has 0 aliphatic rings. The molecule has 0 aliphatic heterocycles. The van der Waals surface area contributed by atoms with Crippen molar-refractivity contribution in [1.82, 2.24) is 9.97 Å². The second kappa shape index (κ2) is 6.76. The van der Waals surface area contributed by atoms with Crippen LogP contribution >= 0.6 is 0 Å². The molecular weight excluding hydrogens is 365 g/mol. The van der Waals surface area contributed by atoms with E-state index in [1.165, 1.54) is 26.6 Å².